The van der Waals surface area contributed by atoms with Gasteiger partial charge in [0.25, 0.3) is 5.56 Å². The van der Waals surface area contributed by atoms with E-state index in [4.69, 9.17) is 5.11 Å². The molecule has 1 aromatic heterocycles. The van der Waals surface area contributed by atoms with Crippen molar-refractivity contribution in [2.45, 2.75) is 0 Å². The number of hydrogen-bond donors (Lipinski definition) is 1. The largest absolute Gasteiger partial charge is 0.384 e. The topological polar surface area (TPSA) is 55.1 Å². The van der Waals surface area contributed by atoms with Crippen LogP contribution in [0.4, 0.5) is 0 Å². The average molecular weight is 276 g/mol. The van der Waals surface area contributed by atoms with E-state index in [1.165, 1.54) is 10.9 Å². The summed E-state index contributed by atoms with van der Waals surface area (Å²) < 4.78 is 1.49. The summed E-state index contributed by atoms with van der Waals surface area (Å²) in [7, 11) is 0. The van der Waals surface area contributed by atoms with Crippen LogP contribution in [0.2, 0.25) is 0 Å². The fraction of sp³-hybridized carbons (Fsp3) is 0.0588. The van der Waals surface area contributed by atoms with Crippen molar-refractivity contribution in [3.8, 4) is 17.5 Å². The Morgan fingerprint density at radius 2 is 1.90 bits per heavy atom. The first-order valence-electron chi connectivity index (χ1n) is 6.47. The van der Waals surface area contributed by atoms with E-state index in [-0.39, 0.29) is 12.2 Å². The lowest BCUT2D eigenvalue weighted by Gasteiger charge is -2.07. The van der Waals surface area contributed by atoms with Crippen molar-refractivity contribution in [3.05, 3.63) is 70.8 Å². The highest BCUT2D eigenvalue weighted by atomic mass is 16.2. The van der Waals surface area contributed by atoms with Gasteiger partial charge in [0, 0.05) is 5.56 Å². The van der Waals surface area contributed by atoms with Crippen LogP contribution in [0.15, 0.2) is 59.7 Å². The summed E-state index contributed by atoms with van der Waals surface area (Å²) in [6.45, 7) is -0.247. The van der Waals surface area contributed by atoms with Gasteiger partial charge in [0.2, 0.25) is 0 Å². The lowest BCUT2D eigenvalue weighted by molar-refractivity contribution is 0.350. The highest BCUT2D eigenvalue weighted by Gasteiger charge is 2.08. The molecule has 3 aromatic rings. The lowest BCUT2D eigenvalue weighted by Crippen LogP contribution is -2.19. The quantitative estimate of drug-likeness (QED) is 0.689. The number of para-hydroxylation sites is 1. The van der Waals surface area contributed by atoms with Gasteiger partial charge in [-0.1, -0.05) is 36.1 Å². The Bertz CT molecular complexity index is 903. The van der Waals surface area contributed by atoms with E-state index in [9.17, 15) is 4.79 Å². The van der Waals surface area contributed by atoms with Gasteiger partial charge in [0.05, 0.1) is 16.6 Å². The van der Waals surface area contributed by atoms with Crippen LogP contribution < -0.4 is 5.56 Å². The summed E-state index contributed by atoms with van der Waals surface area (Å²) in [5, 5.41) is 9.29. The van der Waals surface area contributed by atoms with Crippen molar-refractivity contribution in [3.63, 3.8) is 0 Å². The molecule has 1 heterocycles. The molecule has 0 saturated carbocycles. The molecule has 3 rings (SSSR count). The normalized spacial score (nSPS) is 10.1. The van der Waals surface area contributed by atoms with Crippen molar-refractivity contribution in [1.29, 1.82) is 0 Å². The summed E-state index contributed by atoms with van der Waals surface area (Å²) in [6, 6.07) is 14.6. The number of rotatable bonds is 1. The number of hydrogen-bond acceptors (Lipinski definition) is 3. The molecular weight excluding hydrogens is 264 g/mol. The minimum absolute atomic E-state index is 0.172. The third-order valence-corrected chi connectivity index (χ3v) is 3.12. The maximum Gasteiger partial charge on any atom is 0.267 e. The van der Waals surface area contributed by atoms with Gasteiger partial charge in [-0.15, -0.1) is 0 Å². The molecule has 0 spiro atoms. The second-order valence-electron chi connectivity index (χ2n) is 4.41. The van der Waals surface area contributed by atoms with E-state index in [2.05, 4.69) is 16.8 Å². The van der Waals surface area contributed by atoms with E-state index in [0.717, 1.165) is 5.69 Å². The molecule has 0 radical (unpaired) electrons. The molecule has 0 aliphatic rings. The van der Waals surface area contributed by atoms with E-state index in [0.29, 0.717) is 16.5 Å². The Kier molecular flexibility index (Phi) is 3.50. The maximum absolute atomic E-state index is 12.7. The van der Waals surface area contributed by atoms with Crippen LogP contribution in [0.1, 0.15) is 5.56 Å². The number of aliphatic hydroxyl groups is 1. The van der Waals surface area contributed by atoms with Gasteiger partial charge in [-0.05, 0) is 24.3 Å². The molecule has 0 saturated heterocycles. The molecule has 0 bridgehead atoms. The molecule has 0 fully saturated rings. The minimum Gasteiger partial charge on any atom is -0.384 e. The maximum atomic E-state index is 12.7. The van der Waals surface area contributed by atoms with Crippen molar-refractivity contribution in [2.75, 3.05) is 6.61 Å². The van der Waals surface area contributed by atoms with Gasteiger partial charge in [-0.2, -0.15) is 0 Å². The minimum atomic E-state index is -0.247. The van der Waals surface area contributed by atoms with Gasteiger partial charge in [-0.3, -0.25) is 9.36 Å². The molecular formula is C17H12N2O2. The fourth-order valence-corrected chi connectivity index (χ4v) is 2.18. The third kappa shape index (κ3) is 2.42. The molecule has 102 valence electrons. The standard InChI is InChI=1S/C17H12N2O2/c20-11-5-7-13-6-4-10-15-16(13)17(21)19(12-18-15)14-8-2-1-3-9-14/h1-4,6,8-10,12,20H,11H2. The summed E-state index contributed by atoms with van der Waals surface area (Å²) in [4.78, 5) is 17.0. The number of fused-ring (bicyclic) bond motifs is 1. The summed E-state index contributed by atoms with van der Waals surface area (Å²) >= 11 is 0. The first-order chi connectivity index (χ1) is 10.3. The zero-order valence-electron chi connectivity index (χ0n) is 11.2. The van der Waals surface area contributed by atoms with Gasteiger partial charge in [0.1, 0.15) is 12.9 Å². The van der Waals surface area contributed by atoms with Gasteiger partial charge >= 0.3 is 0 Å². The zero-order chi connectivity index (χ0) is 14.7. The van der Waals surface area contributed by atoms with E-state index < -0.39 is 0 Å². The van der Waals surface area contributed by atoms with Gasteiger partial charge < -0.3 is 5.11 Å². The van der Waals surface area contributed by atoms with Crippen molar-refractivity contribution in [2.24, 2.45) is 0 Å². The molecule has 0 aliphatic carbocycles. The van der Waals surface area contributed by atoms with Crippen LogP contribution in [0.25, 0.3) is 16.6 Å². The Morgan fingerprint density at radius 3 is 2.67 bits per heavy atom. The molecule has 1 N–H and O–H groups in total. The first kappa shape index (κ1) is 13.1. The van der Waals surface area contributed by atoms with Crippen LogP contribution in [-0.4, -0.2) is 21.3 Å². The van der Waals surface area contributed by atoms with Crippen LogP contribution >= 0.6 is 0 Å². The molecule has 0 aliphatic heterocycles. The highest BCUT2D eigenvalue weighted by molar-refractivity contribution is 5.84. The third-order valence-electron chi connectivity index (χ3n) is 3.12. The highest BCUT2D eigenvalue weighted by Crippen LogP contribution is 2.13. The van der Waals surface area contributed by atoms with Gasteiger partial charge in [-0.25, -0.2) is 4.98 Å². The van der Waals surface area contributed by atoms with Crippen LogP contribution in [0, 0.1) is 11.8 Å². The lowest BCUT2D eigenvalue weighted by atomic mass is 10.1. The SMILES string of the molecule is O=c1c2c(C#CCO)cccc2ncn1-c1ccccc1. The number of aromatic nitrogens is 2. The van der Waals surface area contributed by atoms with Crippen molar-refractivity contribution in [1.82, 2.24) is 9.55 Å². The molecule has 0 unspecified atom stereocenters. The average Bonchev–Trinajstić information content (AvgIpc) is 2.54. The van der Waals surface area contributed by atoms with Gasteiger partial charge in [0.15, 0.2) is 0 Å². The zero-order valence-corrected chi connectivity index (χ0v) is 11.2. The molecule has 2 aromatic carbocycles. The monoisotopic (exact) mass is 276 g/mol. The van der Waals surface area contributed by atoms with Crippen LogP contribution in [0.5, 0.6) is 0 Å². The Morgan fingerprint density at radius 1 is 1.10 bits per heavy atom. The second kappa shape index (κ2) is 5.61. The van der Waals surface area contributed by atoms with E-state index in [1.807, 2.05) is 30.3 Å². The second-order valence-corrected chi connectivity index (χ2v) is 4.41. The van der Waals surface area contributed by atoms with E-state index >= 15 is 0 Å². The molecule has 4 nitrogen and oxygen atoms in total. The molecule has 0 amide bonds. The summed E-state index contributed by atoms with van der Waals surface area (Å²) in [5.74, 6) is 5.38. The molecule has 0 atom stereocenters. The predicted octanol–water partition coefficient (Wildman–Crippen LogP) is 1.73. The Hall–Kier alpha value is -2.90. The first-order valence-corrected chi connectivity index (χ1v) is 6.47. The summed E-state index contributed by atoms with van der Waals surface area (Å²) in [6.07, 6.45) is 1.52. The fourth-order valence-electron chi connectivity index (χ4n) is 2.18. The Labute approximate surface area is 121 Å². The van der Waals surface area contributed by atoms with Crippen LogP contribution in [0.3, 0.4) is 0 Å². The molecule has 4 heteroatoms. The number of nitrogens with zero attached hydrogens (tertiary/aromatic N) is 2. The molecule has 21 heavy (non-hydrogen) atoms. The summed E-state index contributed by atoms with van der Waals surface area (Å²) in [5.41, 5.74) is 1.75. The smallest absolute Gasteiger partial charge is 0.267 e. The van der Waals surface area contributed by atoms with E-state index in [1.54, 1.807) is 18.2 Å². The van der Waals surface area contributed by atoms with Crippen molar-refractivity contribution < 1.29 is 5.11 Å². The predicted molar refractivity (Wildman–Crippen MR) is 81.3 cm³/mol. The number of aliphatic hydroxyl groups excluding tert-OH is 1. The number of benzene rings is 2. The Balaban J connectivity index is 2.32. The van der Waals surface area contributed by atoms with Crippen LogP contribution in [-0.2, 0) is 0 Å². The van der Waals surface area contributed by atoms with Crippen molar-refractivity contribution >= 4 is 10.9 Å².